The lowest BCUT2D eigenvalue weighted by Gasteiger charge is -2.16. The van der Waals surface area contributed by atoms with E-state index in [2.05, 4.69) is 11.2 Å². The Bertz CT molecular complexity index is 309. The molecule has 0 radical (unpaired) electrons. The Morgan fingerprint density at radius 1 is 1.41 bits per heavy atom. The molecule has 5 heteroatoms. The SMILES string of the molecule is C#CCOC(=O)C(C)CC(Cl)C(=O)NC(C)C. The molecule has 17 heavy (non-hydrogen) atoms. The van der Waals surface area contributed by atoms with E-state index in [-0.39, 0.29) is 25.0 Å². The Labute approximate surface area is 107 Å². The molecule has 0 aromatic carbocycles. The minimum atomic E-state index is -0.745. The molecule has 0 saturated heterocycles. The molecule has 0 aliphatic heterocycles. The van der Waals surface area contributed by atoms with Crippen LogP contribution in [0.5, 0.6) is 0 Å². The maximum absolute atomic E-state index is 11.5. The predicted octanol–water partition coefficient (Wildman–Crippen LogP) is 1.32. The van der Waals surface area contributed by atoms with Gasteiger partial charge in [-0.25, -0.2) is 0 Å². The third-order valence-corrected chi connectivity index (χ3v) is 2.35. The summed E-state index contributed by atoms with van der Waals surface area (Å²) in [5, 5.41) is 1.93. The van der Waals surface area contributed by atoms with Gasteiger partial charge in [-0.1, -0.05) is 12.8 Å². The van der Waals surface area contributed by atoms with Crippen LogP contribution in [-0.2, 0) is 14.3 Å². The lowest BCUT2D eigenvalue weighted by molar-refractivity contribution is -0.146. The Balaban J connectivity index is 4.11. The van der Waals surface area contributed by atoms with Crippen molar-refractivity contribution in [3.63, 3.8) is 0 Å². The normalized spacial score (nSPS) is 13.6. The summed E-state index contributed by atoms with van der Waals surface area (Å²) in [4.78, 5) is 22.9. The Morgan fingerprint density at radius 3 is 2.47 bits per heavy atom. The largest absolute Gasteiger partial charge is 0.452 e. The van der Waals surface area contributed by atoms with Gasteiger partial charge in [0, 0.05) is 6.04 Å². The highest BCUT2D eigenvalue weighted by Gasteiger charge is 2.23. The average molecular weight is 260 g/mol. The van der Waals surface area contributed by atoms with E-state index in [1.807, 2.05) is 13.8 Å². The molecule has 0 saturated carbocycles. The fourth-order valence-electron chi connectivity index (χ4n) is 1.14. The van der Waals surface area contributed by atoms with Gasteiger partial charge in [0.1, 0.15) is 5.38 Å². The van der Waals surface area contributed by atoms with Crippen molar-refractivity contribution < 1.29 is 14.3 Å². The summed E-state index contributed by atoms with van der Waals surface area (Å²) in [6, 6.07) is 0.0208. The van der Waals surface area contributed by atoms with Crippen LogP contribution in [-0.4, -0.2) is 29.9 Å². The molecule has 0 heterocycles. The van der Waals surface area contributed by atoms with Crippen molar-refractivity contribution in [2.75, 3.05) is 6.61 Å². The first-order chi connectivity index (χ1) is 7.88. The Kier molecular flexibility index (Phi) is 7.40. The second-order valence-electron chi connectivity index (χ2n) is 4.08. The van der Waals surface area contributed by atoms with E-state index in [0.29, 0.717) is 0 Å². The summed E-state index contributed by atoms with van der Waals surface area (Å²) in [7, 11) is 0. The average Bonchev–Trinajstić information content (AvgIpc) is 2.24. The van der Waals surface area contributed by atoms with Gasteiger partial charge in [-0.3, -0.25) is 9.59 Å². The molecule has 96 valence electrons. The van der Waals surface area contributed by atoms with Gasteiger partial charge in [0.25, 0.3) is 0 Å². The zero-order valence-electron chi connectivity index (χ0n) is 10.3. The summed E-state index contributed by atoms with van der Waals surface area (Å²) in [6.45, 7) is 5.27. The van der Waals surface area contributed by atoms with Crippen LogP contribution < -0.4 is 5.32 Å². The van der Waals surface area contributed by atoms with Crippen LogP contribution >= 0.6 is 11.6 Å². The molecule has 2 atom stereocenters. The van der Waals surface area contributed by atoms with E-state index >= 15 is 0 Å². The number of esters is 1. The van der Waals surface area contributed by atoms with Gasteiger partial charge in [0.05, 0.1) is 5.92 Å². The molecule has 1 amide bonds. The van der Waals surface area contributed by atoms with E-state index in [1.165, 1.54) is 0 Å². The van der Waals surface area contributed by atoms with Crippen LogP contribution in [0.2, 0.25) is 0 Å². The van der Waals surface area contributed by atoms with Crippen molar-refractivity contribution in [2.45, 2.75) is 38.6 Å². The van der Waals surface area contributed by atoms with Crippen LogP contribution in [0.1, 0.15) is 27.2 Å². The van der Waals surface area contributed by atoms with Gasteiger partial charge in [-0.15, -0.1) is 18.0 Å². The number of nitrogens with one attached hydrogen (secondary N) is 1. The smallest absolute Gasteiger partial charge is 0.309 e. The van der Waals surface area contributed by atoms with Crippen molar-refractivity contribution in [2.24, 2.45) is 5.92 Å². The number of alkyl halides is 1. The van der Waals surface area contributed by atoms with Gasteiger partial charge >= 0.3 is 5.97 Å². The van der Waals surface area contributed by atoms with Gasteiger partial charge in [0.15, 0.2) is 6.61 Å². The predicted molar refractivity (Wildman–Crippen MR) is 66.5 cm³/mol. The third-order valence-electron chi connectivity index (χ3n) is 1.98. The molecular formula is C12H18ClNO3. The summed E-state index contributed by atoms with van der Waals surface area (Å²) in [6.07, 6.45) is 5.19. The molecule has 0 rings (SSSR count). The van der Waals surface area contributed by atoms with Crippen LogP contribution in [0.25, 0.3) is 0 Å². The zero-order valence-corrected chi connectivity index (χ0v) is 11.1. The fraction of sp³-hybridized carbons (Fsp3) is 0.667. The van der Waals surface area contributed by atoms with E-state index in [4.69, 9.17) is 22.8 Å². The number of carbonyl (C=O) groups excluding carboxylic acids is 2. The first-order valence-electron chi connectivity index (χ1n) is 5.43. The molecule has 0 spiro atoms. The molecule has 0 aliphatic carbocycles. The number of hydrogen-bond acceptors (Lipinski definition) is 3. The van der Waals surface area contributed by atoms with E-state index in [9.17, 15) is 9.59 Å². The maximum Gasteiger partial charge on any atom is 0.309 e. The lowest BCUT2D eigenvalue weighted by atomic mass is 10.1. The highest BCUT2D eigenvalue weighted by atomic mass is 35.5. The van der Waals surface area contributed by atoms with Gasteiger partial charge in [-0.2, -0.15) is 0 Å². The summed E-state index contributed by atoms with van der Waals surface area (Å²) in [5.74, 6) is 1.03. The Morgan fingerprint density at radius 2 is 2.00 bits per heavy atom. The summed E-state index contributed by atoms with van der Waals surface area (Å²) >= 11 is 5.89. The zero-order chi connectivity index (χ0) is 13.4. The van der Waals surface area contributed by atoms with Crippen molar-refractivity contribution in [1.82, 2.24) is 5.32 Å². The maximum atomic E-state index is 11.5. The number of carbonyl (C=O) groups is 2. The van der Waals surface area contributed by atoms with Crippen LogP contribution in [0, 0.1) is 18.3 Å². The fourth-order valence-corrected chi connectivity index (χ4v) is 1.47. The molecule has 0 bridgehead atoms. The number of hydrogen-bond donors (Lipinski definition) is 1. The molecular weight excluding hydrogens is 242 g/mol. The topological polar surface area (TPSA) is 55.4 Å². The molecule has 1 N–H and O–H groups in total. The lowest BCUT2D eigenvalue weighted by Crippen LogP contribution is -2.37. The second kappa shape index (κ2) is 7.97. The van der Waals surface area contributed by atoms with Crippen LogP contribution in [0.4, 0.5) is 0 Å². The van der Waals surface area contributed by atoms with Gasteiger partial charge in [0.2, 0.25) is 5.91 Å². The molecule has 0 aromatic rings. The molecule has 0 aromatic heterocycles. The summed E-state index contributed by atoms with van der Waals surface area (Å²) in [5.41, 5.74) is 0. The van der Waals surface area contributed by atoms with Gasteiger partial charge in [-0.05, 0) is 20.3 Å². The molecule has 2 unspecified atom stereocenters. The molecule has 4 nitrogen and oxygen atoms in total. The van der Waals surface area contributed by atoms with E-state index in [0.717, 1.165) is 0 Å². The highest BCUT2D eigenvalue weighted by molar-refractivity contribution is 6.30. The standard InChI is InChI=1S/C12H18ClNO3/c1-5-6-17-12(16)9(4)7-10(13)11(15)14-8(2)3/h1,8-10H,6-7H2,2-4H3,(H,14,15). The van der Waals surface area contributed by atoms with Crippen molar-refractivity contribution in [3.8, 4) is 12.3 Å². The van der Waals surface area contributed by atoms with Gasteiger partial charge < -0.3 is 10.1 Å². The number of halogens is 1. The minimum Gasteiger partial charge on any atom is -0.452 e. The third kappa shape index (κ3) is 6.85. The first-order valence-corrected chi connectivity index (χ1v) is 5.86. The van der Waals surface area contributed by atoms with Crippen molar-refractivity contribution in [1.29, 1.82) is 0 Å². The Hall–Kier alpha value is -1.21. The van der Waals surface area contributed by atoms with Crippen molar-refractivity contribution >= 4 is 23.5 Å². The molecule has 0 aliphatic rings. The number of rotatable bonds is 6. The molecule has 0 fully saturated rings. The number of terminal acetylenes is 1. The number of ether oxygens (including phenoxy) is 1. The first kappa shape index (κ1) is 15.8. The van der Waals surface area contributed by atoms with E-state index < -0.39 is 17.3 Å². The monoisotopic (exact) mass is 259 g/mol. The number of amides is 1. The van der Waals surface area contributed by atoms with Crippen LogP contribution in [0.15, 0.2) is 0 Å². The van der Waals surface area contributed by atoms with E-state index in [1.54, 1.807) is 6.92 Å². The minimum absolute atomic E-state index is 0.0208. The second-order valence-corrected chi connectivity index (χ2v) is 4.61. The quantitative estimate of drug-likeness (QED) is 0.445. The van der Waals surface area contributed by atoms with Crippen LogP contribution in [0.3, 0.4) is 0 Å². The van der Waals surface area contributed by atoms with Crippen molar-refractivity contribution in [3.05, 3.63) is 0 Å². The highest BCUT2D eigenvalue weighted by Crippen LogP contribution is 2.13. The summed E-state index contributed by atoms with van der Waals surface area (Å²) < 4.78 is 4.75.